The first-order valence-electron chi connectivity index (χ1n) is 8.88. The molecule has 3 unspecified atom stereocenters. The molecule has 1 aromatic heterocycles. The highest BCUT2D eigenvalue weighted by atomic mass is 31.0. The minimum Gasteiger partial charge on any atom is -0.353 e. The van der Waals surface area contributed by atoms with E-state index in [0.717, 1.165) is 17.9 Å². The molecular formula is C18H27FN5P. The Morgan fingerprint density at radius 2 is 2.40 bits per heavy atom. The van der Waals surface area contributed by atoms with Gasteiger partial charge in [0, 0.05) is 30.1 Å². The van der Waals surface area contributed by atoms with E-state index >= 15 is 0 Å². The normalized spacial score (nSPS) is 27.3. The van der Waals surface area contributed by atoms with E-state index in [4.69, 9.17) is 0 Å². The highest BCUT2D eigenvalue weighted by Gasteiger charge is 2.43. The van der Waals surface area contributed by atoms with Crippen LogP contribution in [0.2, 0.25) is 0 Å². The van der Waals surface area contributed by atoms with E-state index in [1.165, 1.54) is 12.8 Å². The Labute approximate surface area is 151 Å². The van der Waals surface area contributed by atoms with E-state index in [2.05, 4.69) is 36.3 Å². The molecule has 2 aliphatic rings. The zero-order valence-corrected chi connectivity index (χ0v) is 16.1. The number of anilines is 1. The summed E-state index contributed by atoms with van der Waals surface area (Å²) < 4.78 is 14.6. The predicted octanol–water partition coefficient (Wildman–Crippen LogP) is 4.03. The number of aromatic amines is 1. The molecule has 0 bridgehead atoms. The third-order valence-corrected chi connectivity index (χ3v) is 5.51. The van der Waals surface area contributed by atoms with Gasteiger partial charge in [-0.3, -0.25) is 5.10 Å². The number of nitrogens with one attached hydrogen (secondary N) is 2. The standard InChI is InChI=1S/C18H27FN5P/c1-4-6-16(21-17-9-15(22-23-17)13-7-8-13)20-12(3)24-10-14(5-2)18(19,25)11-24/h4,6,9,13-14H,3,5,7-8,10-11,25H2,1-2H3,(H2,20,21,22,23)/b6-4-. The largest absolute Gasteiger partial charge is 0.353 e. The van der Waals surface area contributed by atoms with Crippen LogP contribution in [0.1, 0.15) is 44.7 Å². The quantitative estimate of drug-likeness (QED) is 0.456. The van der Waals surface area contributed by atoms with Crippen molar-refractivity contribution >= 4 is 20.9 Å². The lowest BCUT2D eigenvalue weighted by Gasteiger charge is -2.19. The van der Waals surface area contributed by atoms with E-state index in [1.54, 1.807) is 0 Å². The van der Waals surface area contributed by atoms with Crippen molar-refractivity contribution in [1.29, 1.82) is 0 Å². The lowest BCUT2D eigenvalue weighted by Crippen LogP contribution is -2.25. The number of rotatable bonds is 6. The van der Waals surface area contributed by atoms with Crippen LogP contribution in [-0.2, 0) is 0 Å². The fourth-order valence-electron chi connectivity index (χ4n) is 3.18. The molecule has 1 aliphatic heterocycles. The Hall–Kier alpha value is -1.68. The Balaban J connectivity index is 1.69. The smallest absolute Gasteiger partial charge is 0.153 e. The van der Waals surface area contributed by atoms with E-state index in [9.17, 15) is 4.39 Å². The zero-order valence-electron chi connectivity index (χ0n) is 14.9. The van der Waals surface area contributed by atoms with Gasteiger partial charge in [-0.1, -0.05) is 28.8 Å². The number of H-pyrrole nitrogens is 1. The molecule has 2 fully saturated rings. The van der Waals surface area contributed by atoms with Crippen LogP contribution in [0.15, 0.2) is 35.6 Å². The average molecular weight is 363 g/mol. The molecule has 5 nitrogen and oxygen atoms in total. The summed E-state index contributed by atoms with van der Waals surface area (Å²) in [5.74, 6) is 2.56. The highest BCUT2D eigenvalue weighted by molar-refractivity contribution is 7.18. The molecule has 25 heavy (non-hydrogen) atoms. The van der Waals surface area contributed by atoms with Crippen LogP contribution >= 0.6 is 9.24 Å². The number of allylic oxidation sites excluding steroid dienone is 1. The monoisotopic (exact) mass is 363 g/mol. The van der Waals surface area contributed by atoms with Crippen molar-refractivity contribution in [3.05, 3.63) is 36.3 Å². The van der Waals surface area contributed by atoms with Crippen LogP contribution < -0.4 is 5.32 Å². The van der Waals surface area contributed by atoms with E-state index in [0.29, 0.717) is 30.7 Å². The second-order valence-corrected chi connectivity index (χ2v) is 7.89. The molecule has 0 spiro atoms. The third-order valence-electron chi connectivity index (χ3n) is 4.86. The van der Waals surface area contributed by atoms with Gasteiger partial charge in [-0.15, -0.1) is 0 Å². The van der Waals surface area contributed by atoms with Gasteiger partial charge in [0.1, 0.15) is 17.1 Å². The minimum atomic E-state index is -1.28. The lowest BCUT2D eigenvalue weighted by atomic mass is 10.0. The third kappa shape index (κ3) is 4.30. The van der Waals surface area contributed by atoms with Crippen LogP contribution in [-0.4, -0.2) is 39.4 Å². The van der Waals surface area contributed by atoms with Crippen molar-refractivity contribution < 1.29 is 4.39 Å². The second-order valence-electron chi connectivity index (χ2n) is 6.93. The van der Waals surface area contributed by atoms with Crippen LogP contribution in [0, 0.1) is 5.92 Å². The number of aliphatic imine (C=N–C) groups is 1. The summed E-state index contributed by atoms with van der Waals surface area (Å²) >= 11 is 0. The van der Waals surface area contributed by atoms with Crippen molar-refractivity contribution in [2.45, 2.75) is 44.4 Å². The number of halogens is 1. The molecule has 0 amide bonds. The van der Waals surface area contributed by atoms with E-state index < -0.39 is 5.41 Å². The molecule has 1 saturated heterocycles. The summed E-state index contributed by atoms with van der Waals surface area (Å²) in [6, 6.07) is 2.03. The molecule has 1 saturated carbocycles. The number of hydrogen-bond donors (Lipinski definition) is 2. The van der Waals surface area contributed by atoms with Crippen LogP contribution in [0.4, 0.5) is 10.2 Å². The lowest BCUT2D eigenvalue weighted by molar-refractivity contribution is 0.232. The molecule has 3 atom stereocenters. The van der Waals surface area contributed by atoms with Gasteiger partial charge in [0.15, 0.2) is 5.82 Å². The molecule has 1 aliphatic carbocycles. The maximum Gasteiger partial charge on any atom is 0.153 e. The van der Waals surface area contributed by atoms with Crippen molar-refractivity contribution in [1.82, 2.24) is 15.1 Å². The Kier molecular flexibility index (Phi) is 5.28. The zero-order chi connectivity index (χ0) is 18.0. The number of nitrogens with zero attached hydrogens (tertiary/aromatic N) is 3. The minimum absolute atomic E-state index is 0.0185. The number of amidine groups is 1. The number of alkyl halides is 1. The summed E-state index contributed by atoms with van der Waals surface area (Å²) in [6.07, 6.45) is 7.02. The van der Waals surface area contributed by atoms with Gasteiger partial charge in [0.05, 0.1) is 6.54 Å². The fraction of sp³-hybridized carbons (Fsp3) is 0.556. The molecule has 0 radical (unpaired) electrons. The van der Waals surface area contributed by atoms with Crippen molar-refractivity contribution in [2.24, 2.45) is 10.9 Å². The Morgan fingerprint density at radius 3 is 3.00 bits per heavy atom. The van der Waals surface area contributed by atoms with Crippen molar-refractivity contribution in [3.63, 3.8) is 0 Å². The molecule has 1 aromatic rings. The van der Waals surface area contributed by atoms with Gasteiger partial charge in [0.25, 0.3) is 0 Å². The molecule has 7 heteroatoms. The van der Waals surface area contributed by atoms with Crippen molar-refractivity contribution in [2.75, 3.05) is 18.4 Å². The molecule has 2 heterocycles. The molecule has 2 N–H and O–H groups in total. The first-order chi connectivity index (χ1) is 11.9. The van der Waals surface area contributed by atoms with Gasteiger partial charge in [-0.2, -0.15) is 5.10 Å². The number of likely N-dealkylation sites (tertiary alicyclic amines) is 1. The summed E-state index contributed by atoms with van der Waals surface area (Å²) in [5, 5.41) is 9.31. The average Bonchev–Trinajstić information content (AvgIpc) is 3.22. The topological polar surface area (TPSA) is 56.3 Å². The summed E-state index contributed by atoms with van der Waals surface area (Å²) in [5.41, 5.74) is 1.16. The van der Waals surface area contributed by atoms with Gasteiger partial charge in [-0.25, -0.2) is 9.38 Å². The van der Waals surface area contributed by atoms with Crippen LogP contribution in [0.5, 0.6) is 0 Å². The number of hydrogen-bond acceptors (Lipinski definition) is 3. The van der Waals surface area contributed by atoms with Gasteiger partial charge in [0.2, 0.25) is 0 Å². The summed E-state index contributed by atoms with van der Waals surface area (Å²) in [7, 11) is 2.36. The maximum atomic E-state index is 14.6. The second kappa shape index (κ2) is 7.28. The maximum absolute atomic E-state index is 14.6. The number of aromatic nitrogens is 2. The first-order valence-corrected chi connectivity index (χ1v) is 9.46. The van der Waals surface area contributed by atoms with Crippen LogP contribution in [0.25, 0.3) is 0 Å². The van der Waals surface area contributed by atoms with Crippen molar-refractivity contribution in [3.8, 4) is 0 Å². The van der Waals surface area contributed by atoms with E-state index in [-0.39, 0.29) is 5.92 Å². The highest BCUT2D eigenvalue weighted by Crippen LogP contribution is 2.41. The van der Waals surface area contributed by atoms with E-state index in [1.807, 2.05) is 37.0 Å². The molecular weight excluding hydrogens is 336 g/mol. The molecule has 136 valence electrons. The molecule has 3 rings (SSSR count). The Morgan fingerprint density at radius 1 is 1.64 bits per heavy atom. The van der Waals surface area contributed by atoms with Gasteiger partial charge >= 0.3 is 0 Å². The van der Waals surface area contributed by atoms with Gasteiger partial charge in [-0.05, 0) is 32.3 Å². The van der Waals surface area contributed by atoms with Gasteiger partial charge < -0.3 is 10.2 Å². The summed E-state index contributed by atoms with van der Waals surface area (Å²) in [6.45, 7) is 8.92. The predicted molar refractivity (Wildman–Crippen MR) is 104 cm³/mol. The fourth-order valence-corrected chi connectivity index (χ4v) is 3.74. The first kappa shape index (κ1) is 18.1. The Bertz CT molecular complexity index is 689. The summed E-state index contributed by atoms with van der Waals surface area (Å²) in [4.78, 5) is 6.48. The SMILES string of the molecule is C=C(/N=C(\C=C/C)Nc1cc(C2CC2)[nH]n1)N1CC(CC)C(F)(P)C1. The van der Waals surface area contributed by atoms with Crippen LogP contribution in [0.3, 0.4) is 0 Å². The molecule has 0 aromatic carbocycles.